The van der Waals surface area contributed by atoms with Crippen molar-refractivity contribution in [3.8, 4) is 0 Å². The molecule has 7 heteroatoms. The number of nitrogens with zero attached hydrogens (tertiary/aromatic N) is 1. The van der Waals surface area contributed by atoms with Gasteiger partial charge in [-0.05, 0) is 25.0 Å². The molecule has 0 spiro atoms. The summed E-state index contributed by atoms with van der Waals surface area (Å²) in [7, 11) is 0. The molecule has 0 fully saturated rings. The van der Waals surface area contributed by atoms with Crippen molar-refractivity contribution in [3.63, 3.8) is 0 Å². The van der Waals surface area contributed by atoms with E-state index in [9.17, 15) is 14.9 Å². The van der Waals surface area contributed by atoms with Crippen LogP contribution in [0.15, 0.2) is 18.2 Å². The lowest BCUT2D eigenvalue weighted by Crippen LogP contribution is -2.49. The summed E-state index contributed by atoms with van der Waals surface area (Å²) >= 11 is 9.21. The first-order valence-electron chi connectivity index (χ1n) is 6.21. The van der Waals surface area contributed by atoms with E-state index in [1.165, 1.54) is 18.2 Å². The number of benzene rings is 1. The number of nitro groups is 1. The molecule has 0 aliphatic rings. The lowest BCUT2D eigenvalue weighted by Gasteiger charge is -2.30. The third-order valence-electron chi connectivity index (χ3n) is 3.39. The normalized spacial score (nSPS) is 11.2. The van der Waals surface area contributed by atoms with Crippen molar-refractivity contribution in [2.24, 2.45) is 0 Å². The molecule has 0 unspecified atom stereocenters. The summed E-state index contributed by atoms with van der Waals surface area (Å²) in [5.74, 6) is -0.484. The number of amides is 1. The summed E-state index contributed by atoms with van der Waals surface area (Å²) in [5.41, 5.74) is -0.690. The van der Waals surface area contributed by atoms with Gasteiger partial charge in [0, 0.05) is 22.0 Å². The molecule has 0 radical (unpaired) electrons. The molecule has 1 aromatic rings. The van der Waals surface area contributed by atoms with Crippen molar-refractivity contribution in [2.45, 2.75) is 32.2 Å². The molecule has 110 valence electrons. The van der Waals surface area contributed by atoms with Crippen molar-refractivity contribution in [1.29, 1.82) is 0 Å². The fourth-order valence-corrected chi connectivity index (χ4v) is 2.91. The van der Waals surface area contributed by atoms with E-state index in [0.717, 1.165) is 12.8 Å². The molecule has 0 aliphatic carbocycles. The van der Waals surface area contributed by atoms with Crippen LogP contribution in [-0.4, -0.2) is 21.7 Å². The SMILES string of the molecule is CCC(CC)(CBr)NC(=O)c1cc(Cl)ccc1[N+](=O)[O-]. The molecular weight excluding hydrogens is 348 g/mol. The second-order valence-corrected chi connectivity index (χ2v) is 5.49. The second-order valence-electron chi connectivity index (χ2n) is 4.49. The quantitative estimate of drug-likeness (QED) is 0.473. The Morgan fingerprint density at radius 2 is 2.05 bits per heavy atom. The van der Waals surface area contributed by atoms with Crippen LogP contribution in [0.5, 0.6) is 0 Å². The van der Waals surface area contributed by atoms with Crippen LogP contribution in [0.1, 0.15) is 37.0 Å². The topological polar surface area (TPSA) is 72.2 Å². The average molecular weight is 364 g/mol. The van der Waals surface area contributed by atoms with Gasteiger partial charge in [-0.15, -0.1) is 0 Å². The Labute approximate surface area is 131 Å². The van der Waals surface area contributed by atoms with E-state index in [4.69, 9.17) is 11.6 Å². The fraction of sp³-hybridized carbons (Fsp3) is 0.462. The smallest absolute Gasteiger partial charge is 0.282 e. The number of carbonyl (C=O) groups excluding carboxylic acids is 1. The Morgan fingerprint density at radius 1 is 1.45 bits per heavy atom. The predicted molar refractivity (Wildman–Crippen MR) is 82.7 cm³/mol. The standard InChI is InChI=1S/C13H16BrClN2O3/c1-3-13(4-2,8-14)16-12(18)10-7-9(15)5-6-11(10)17(19)20/h5-7H,3-4,8H2,1-2H3,(H,16,18). The van der Waals surface area contributed by atoms with Gasteiger partial charge in [-0.3, -0.25) is 14.9 Å². The molecule has 1 aromatic carbocycles. The van der Waals surface area contributed by atoms with Crippen molar-refractivity contribution in [2.75, 3.05) is 5.33 Å². The highest BCUT2D eigenvalue weighted by Crippen LogP contribution is 2.25. The lowest BCUT2D eigenvalue weighted by atomic mass is 9.95. The van der Waals surface area contributed by atoms with Crippen molar-refractivity contribution in [3.05, 3.63) is 38.9 Å². The zero-order chi connectivity index (χ0) is 15.3. The van der Waals surface area contributed by atoms with Gasteiger partial charge in [-0.2, -0.15) is 0 Å². The minimum atomic E-state index is -0.584. The number of rotatable bonds is 6. The van der Waals surface area contributed by atoms with Gasteiger partial charge >= 0.3 is 0 Å². The summed E-state index contributed by atoms with van der Waals surface area (Å²) < 4.78 is 0. The Kier molecular flexibility index (Phi) is 5.95. The van der Waals surface area contributed by atoms with Gasteiger partial charge in [0.25, 0.3) is 11.6 Å². The zero-order valence-corrected chi connectivity index (χ0v) is 13.6. The highest BCUT2D eigenvalue weighted by Gasteiger charge is 2.30. The third kappa shape index (κ3) is 3.70. The van der Waals surface area contributed by atoms with Crippen LogP contribution in [0.25, 0.3) is 0 Å². The first kappa shape index (κ1) is 16.9. The Balaban J connectivity index is 3.15. The Hall–Kier alpha value is -1.14. The third-order valence-corrected chi connectivity index (χ3v) is 4.70. The van der Waals surface area contributed by atoms with Gasteiger partial charge in [0.05, 0.1) is 4.92 Å². The maximum atomic E-state index is 12.3. The van der Waals surface area contributed by atoms with Crippen LogP contribution in [0.4, 0.5) is 5.69 Å². The molecule has 0 aromatic heterocycles. The molecule has 0 bridgehead atoms. The Bertz CT molecular complexity index is 510. The monoisotopic (exact) mass is 362 g/mol. The number of alkyl halides is 1. The van der Waals surface area contributed by atoms with E-state index < -0.39 is 16.4 Å². The molecular formula is C13H16BrClN2O3. The van der Waals surface area contributed by atoms with Crippen molar-refractivity contribution < 1.29 is 9.72 Å². The van der Waals surface area contributed by atoms with Crippen molar-refractivity contribution >= 4 is 39.1 Å². The molecule has 0 saturated heterocycles. The van der Waals surface area contributed by atoms with E-state index in [1.807, 2.05) is 13.8 Å². The van der Waals surface area contributed by atoms with Crippen LogP contribution in [-0.2, 0) is 0 Å². The number of hydrogen-bond donors (Lipinski definition) is 1. The van der Waals surface area contributed by atoms with Crippen LogP contribution in [0.3, 0.4) is 0 Å². The number of nitro benzene ring substituents is 1. The molecule has 1 amide bonds. The minimum Gasteiger partial charge on any atom is -0.346 e. The summed E-state index contributed by atoms with van der Waals surface area (Å²) in [6.45, 7) is 3.91. The van der Waals surface area contributed by atoms with Gasteiger partial charge in [0.2, 0.25) is 0 Å². The van der Waals surface area contributed by atoms with E-state index >= 15 is 0 Å². The van der Waals surface area contributed by atoms with Crippen LogP contribution in [0, 0.1) is 10.1 Å². The molecule has 20 heavy (non-hydrogen) atoms. The number of nitrogens with one attached hydrogen (secondary N) is 1. The molecule has 0 heterocycles. The maximum Gasteiger partial charge on any atom is 0.282 e. The highest BCUT2D eigenvalue weighted by atomic mass is 79.9. The molecule has 1 N–H and O–H groups in total. The molecule has 0 atom stereocenters. The lowest BCUT2D eigenvalue weighted by molar-refractivity contribution is -0.385. The highest BCUT2D eigenvalue weighted by molar-refractivity contribution is 9.09. The summed E-state index contributed by atoms with van der Waals surface area (Å²) in [5, 5.41) is 14.7. The van der Waals surface area contributed by atoms with E-state index in [1.54, 1.807) is 0 Å². The zero-order valence-electron chi connectivity index (χ0n) is 11.3. The number of carbonyl (C=O) groups is 1. The van der Waals surface area contributed by atoms with Crippen molar-refractivity contribution in [1.82, 2.24) is 5.32 Å². The summed E-state index contributed by atoms with van der Waals surface area (Å²) in [4.78, 5) is 22.7. The molecule has 5 nitrogen and oxygen atoms in total. The first-order valence-corrected chi connectivity index (χ1v) is 7.71. The van der Waals surface area contributed by atoms with Crippen LogP contribution >= 0.6 is 27.5 Å². The predicted octanol–water partition coefficient (Wildman–Crippen LogP) is 3.93. The Morgan fingerprint density at radius 3 is 2.50 bits per heavy atom. The van der Waals surface area contributed by atoms with Gasteiger partial charge in [0.15, 0.2) is 0 Å². The minimum absolute atomic E-state index is 0.0188. The fourth-order valence-electron chi connectivity index (χ4n) is 1.81. The maximum absolute atomic E-state index is 12.3. The van der Waals surface area contributed by atoms with Gasteiger partial charge in [-0.25, -0.2) is 0 Å². The molecule has 0 saturated carbocycles. The van der Waals surface area contributed by atoms with Crippen LogP contribution < -0.4 is 5.32 Å². The van der Waals surface area contributed by atoms with E-state index in [-0.39, 0.29) is 16.3 Å². The summed E-state index contributed by atoms with van der Waals surface area (Å²) in [6.07, 6.45) is 1.43. The van der Waals surface area contributed by atoms with Gasteiger partial charge in [-0.1, -0.05) is 41.4 Å². The van der Waals surface area contributed by atoms with Gasteiger partial charge < -0.3 is 5.32 Å². The summed E-state index contributed by atoms with van der Waals surface area (Å²) in [6, 6.07) is 3.96. The average Bonchev–Trinajstić information content (AvgIpc) is 2.44. The molecule has 1 rings (SSSR count). The first-order chi connectivity index (χ1) is 9.39. The number of halogens is 2. The molecule has 0 aliphatic heterocycles. The van der Waals surface area contributed by atoms with Crippen LogP contribution in [0.2, 0.25) is 5.02 Å². The largest absolute Gasteiger partial charge is 0.346 e. The van der Waals surface area contributed by atoms with E-state index in [2.05, 4.69) is 21.2 Å². The second kappa shape index (κ2) is 7.04. The van der Waals surface area contributed by atoms with E-state index in [0.29, 0.717) is 5.33 Å². The number of hydrogen-bond acceptors (Lipinski definition) is 3. The van der Waals surface area contributed by atoms with Gasteiger partial charge in [0.1, 0.15) is 5.56 Å².